The van der Waals surface area contributed by atoms with E-state index in [9.17, 15) is 0 Å². The number of rotatable bonds is 4. The van der Waals surface area contributed by atoms with E-state index in [2.05, 4.69) is 4.89 Å². The fourth-order valence-electron chi connectivity index (χ4n) is 0.880. The quantitative estimate of drug-likeness (QED) is 0.346. The van der Waals surface area contributed by atoms with Crippen LogP contribution >= 0.6 is 0 Å². The van der Waals surface area contributed by atoms with Crippen LogP contribution in [0.1, 0.15) is 12.5 Å². The molecule has 0 aliphatic rings. The van der Waals surface area contributed by atoms with E-state index in [4.69, 9.17) is 15.0 Å². The van der Waals surface area contributed by atoms with Crippen LogP contribution in [0.2, 0.25) is 0 Å². The first-order valence-corrected chi connectivity index (χ1v) is 4.37. The van der Waals surface area contributed by atoms with Gasteiger partial charge in [0.05, 0.1) is 6.61 Å². The molecular formula is C10H13NO3. The van der Waals surface area contributed by atoms with E-state index in [-0.39, 0.29) is 6.08 Å². The summed E-state index contributed by atoms with van der Waals surface area (Å²) in [4.78, 5) is 9.33. The van der Waals surface area contributed by atoms with Gasteiger partial charge in [-0.1, -0.05) is 30.3 Å². The number of ether oxygens (including phenoxy) is 1. The first-order valence-electron chi connectivity index (χ1n) is 4.37. The molecule has 76 valence electrons. The van der Waals surface area contributed by atoms with Gasteiger partial charge in [-0.2, -0.15) is 4.89 Å². The largest absolute Gasteiger partial charge is 0.449 e. The molecule has 0 heterocycles. The van der Waals surface area contributed by atoms with E-state index >= 15 is 0 Å². The van der Waals surface area contributed by atoms with E-state index in [0.29, 0.717) is 13.2 Å². The highest BCUT2D eigenvalue weighted by atomic mass is 17.2. The third-order valence-electron chi connectivity index (χ3n) is 1.48. The van der Waals surface area contributed by atoms with Crippen molar-refractivity contribution in [3.8, 4) is 0 Å². The van der Waals surface area contributed by atoms with Crippen LogP contribution in [0.25, 0.3) is 0 Å². The summed E-state index contributed by atoms with van der Waals surface area (Å²) < 4.78 is 4.72. The first kappa shape index (κ1) is 10.5. The average molecular weight is 195 g/mol. The van der Waals surface area contributed by atoms with Crippen molar-refractivity contribution in [3.05, 3.63) is 35.9 Å². The lowest BCUT2D eigenvalue weighted by Crippen LogP contribution is -2.08. The van der Waals surface area contributed by atoms with Crippen molar-refractivity contribution < 1.29 is 14.5 Å². The van der Waals surface area contributed by atoms with Crippen LogP contribution in [0, 0.1) is 5.41 Å². The summed E-state index contributed by atoms with van der Waals surface area (Å²) in [5.41, 5.74) is 0.983. The minimum atomic E-state index is -0.316. The maximum absolute atomic E-state index is 7.08. The van der Waals surface area contributed by atoms with Crippen molar-refractivity contribution in [1.29, 1.82) is 5.41 Å². The standard InChI is InChI=1S/C10H13NO3/c1-2-12-10(11)14-13-8-9-6-4-3-5-7-9/h3-7,11H,2,8H2,1H3. The molecule has 0 aliphatic heterocycles. The maximum Gasteiger partial charge on any atom is 0.413 e. The Morgan fingerprint density at radius 2 is 2.00 bits per heavy atom. The fourth-order valence-corrected chi connectivity index (χ4v) is 0.880. The van der Waals surface area contributed by atoms with Crippen molar-refractivity contribution in [2.24, 2.45) is 0 Å². The van der Waals surface area contributed by atoms with Gasteiger partial charge in [-0.25, -0.2) is 5.41 Å². The van der Waals surface area contributed by atoms with Crippen LogP contribution in [0.3, 0.4) is 0 Å². The normalized spacial score (nSPS) is 9.50. The molecule has 0 aliphatic carbocycles. The molecule has 14 heavy (non-hydrogen) atoms. The van der Waals surface area contributed by atoms with Crippen LogP contribution in [0.5, 0.6) is 0 Å². The van der Waals surface area contributed by atoms with Gasteiger partial charge < -0.3 is 4.74 Å². The van der Waals surface area contributed by atoms with E-state index in [1.165, 1.54) is 0 Å². The molecule has 1 aromatic carbocycles. The minimum Gasteiger partial charge on any atom is -0.449 e. The molecule has 1 aromatic rings. The van der Waals surface area contributed by atoms with Gasteiger partial charge in [-0.15, -0.1) is 0 Å². The molecule has 0 bridgehead atoms. The minimum absolute atomic E-state index is 0.302. The van der Waals surface area contributed by atoms with Crippen molar-refractivity contribution in [1.82, 2.24) is 0 Å². The second kappa shape index (κ2) is 5.99. The van der Waals surface area contributed by atoms with Gasteiger partial charge in [0.25, 0.3) is 0 Å². The Kier molecular flexibility index (Phi) is 4.50. The number of benzene rings is 1. The highest BCUT2D eigenvalue weighted by Gasteiger charge is 1.98. The summed E-state index contributed by atoms with van der Waals surface area (Å²) in [5, 5.41) is 7.08. The summed E-state index contributed by atoms with van der Waals surface area (Å²) in [6.45, 7) is 2.47. The highest BCUT2D eigenvalue weighted by molar-refractivity contribution is 5.61. The van der Waals surface area contributed by atoms with Crippen molar-refractivity contribution in [2.75, 3.05) is 6.61 Å². The number of hydrogen-bond acceptors (Lipinski definition) is 4. The Balaban J connectivity index is 2.19. The van der Waals surface area contributed by atoms with Crippen molar-refractivity contribution >= 4 is 6.08 Å². The lowest BCUT2D eigenvalue weighted by Gasteiger charge is -2.05. The van der Waals surface area contributed by atoms with Crippen molar-refractivity contribution in [2.45, 2.75) is 13.5 Å². The molecule has 0 amide bonds. The van der Waals surface area contributed by atoms with Crippen LogP contribution in [-0.4, -0.2) is 12.7 Å². The van der Waals surface area contributed by atoms with Gasteiger partial charge in [0, 0.05) is 0 Å². The molecule has 1 rings (SSSR count). The fraction of sp³-hybridized carbons (Fsp3) is 0.300. The molecule has 0 fully saturated rings. The second-order valence-corrected chi connectivity index (χ2v) is 2.55. The van der Waals surface area contributed by atoms with Gasteiger partial charge in [0.1, 0.15) is 6.61 Å². The summed E-state index contributed by atoms with van der Waals surface area (Å²) in [6, 6.07) is 9.56. The molecular weight excluding hydrogens is 182 g/mol. The maximum atomic E-state index is 7.08. The lowest BCUT2D eigenvalue weighted by atomic mass is 10.2. The molecule has 0 saturated heterocycles. The predicted octanol–water partition coefficient (Wildman–Crippen LogP) is 2.11. The number of hydrogen-bond donors (Lipinski definition) is 1. The Labute approximate surface area is 82.8 Å². The number of nitrogens with one attached hydrogen (secondary N) is 1. The van der Waals surface area contributed by atoms with Crippen LogP contribution in [0.15, 0.2) is 30.3 Å². The Bertz CT molecular complexity index is 274. The molecule has 0 aromatic heterocycles. The molecule has 0 atom stereocenters. The summed E-state index contributed by atoms with van der Waals surface area (Å²) in [7, 11) is 0. The van der Waals surface area contributed by atoms with Gasteiger partial charge in [0.2, 0.25) is 0 Å². The van der Waals surface area contributed by atoms with Crippen LogP contribution in [0.4, 0.5) is 0 Å². The Hall–Kier alpha value is -1.55. The average Bonchev–Trinajstić information content (AvgIpc) is 2.20. The van der Waals surface area contributed by atoms with Gasteiger partial charge in [0.15, 0.2) is 0 Å². The summed E-state index contributed by atoms with van der Waals surface area (Å²) in [6.07, 6.45) is -0.316. The predicted molar refractivity (Wildman–Crippen MR) is 51.7 cm³/mol. The molecule has 4 heteroatoms. The Morgan fingerprint density at radius 3 is 2.64 bits per heavy atom. The van der Waals surface area contributed by atoms with Gasteiger partial charge >= 0.3 is 6.08 Å². The Morgan fingerprint density at radius 1 is 1.29 bits per heavy atom. The monoisotopic (exact) mass is 195 g/mol. The zero-order valence-electron chi connectivity index (χ0n) is 8.03. The molecule has 1 N–H and O–H groups in total. The molecule has 0 radical (unpaired) electrons. The highest BCUT2D eigenvalue weighted by Crippen LogP contribution is 2.00. The van der Waals surface area contributed by atoms with E-state index < -0.39 is 0 Å². The molecule has 0 spiro atoms. The van der Waals surface area contributed by atoms with Crippen LogP contribution in [-0.2, 0) is 21.1 Å². The lowest BCUT2D eigenvalue weighted by molar-refractivity contribution is -0.249. The third-order valence-corrected chi connectivity index (χ3v) is 1.48. The zero-order chi connectivity index (χ0) is 10.2. The SMILES string of the molecule is CCOC(=N)OOCc1ccccc1. The topological polar surface area (TPSA) is 51.5 Å². The molecule has 0 saturated carbocycles. The summed E-state index contributed by atoms with van der Waals surface area (Å²) in [5.74, 6) is 0. The smallest absolute Gasteiger partial charge is 0.413 e. The molecule has 4 nitrogen and oxygen atoms in total. The second-order valence-electron chi connectivity index (χ2n) is 2.55. The summed E-state index contributed by atoms with van der Waals surface area (Å²) >= 11 is 0. The zero-order valence-corrected chi connectivity index (χ0v) is 8.03. The van der Waals surface area contributed by atoms with Gasteiger partial charge in [-0.3, -0.25) is 4.89 Å². The first-order chi connectivity index (χ1) is 6.83. The molecule has 0 unspecified atom stereocenters. The third kappa shape index (κ3) is 3.91. The van der Waals surface area contributed by atoms with Crippen LogP contribution < -0.4 is 0 Å². The van der Waals surface area contributed by atoms with E-state index in [1.54, 1.807) is 6.92 Å². The van der Waals surface area contributed by atoms with E-state index in [1.807, 2.05) is 30.3 Å². The van der Waals surface area contributed by atoms with Crippen molar-refractivity contribution in [3.63, 3.8) is 0 Å². The van der Waals surface area contributed by atoms with E-state index in [0.717, 1.165) is 5.56 Å². The van der Waals surface area contributed by atoms with Gasteiger partial charge in [-0.05, 0) is 12.5 Å².